The lowest BCUT2D eigenvalue weighted by atomic mass is 10.0. The van der Waals surface area contributed by atoms with E-state index in [9.17, 15) is 9.59 Å². The zero-order valence-corrected chi connectivity index (χ0v) is 16.1. The molecule has 0 radical (unpaired) electrons. The molecule has 1 fully saturated rings. The molecule has 0 aliphatic carbocycles. The van der Waals surface area contributed by atoms with Crippen molar-refractivity contribution in [3.05, 3.63) is 58.1 Å². The Balaban J connectivity index is 1.77. The number of anilines is 2. The first kappa shape index (κ1) is 18.7. The van der Waals surface area contributed by atoms with Gasteiger partial charge in [0, 0.05) is 23.7 Å². The maximum Gasteiger partial charge on any atom is 0.229 e. The van der Waals surface area contributed by atoms with Crippen molar-refractivity contribution in [1.82, 2.24) is 0 Å². The fourth-order valence-corrected chi connectivity index (χ4v) is 3.54. The van der Waals surface area contributed by atoms with Crippen molar-refractivity contribution in [3.63, 3.8) is 0 Å². The Morgan fingerprint density at radius 1 is 1.19 bits per heavy atom. The molecular weight excluding hydrogens is 371 g/mol. The summed E-state index contributed by atoms with van der Waals surface area (Å²) in [5.74, 6) is -0.435. The molecule has 26 heavy (non-hydrogen) atoms. The topological polar surface area (TPSA) is 49.4 Å². The first-order valence-electron chi connectivity index (χ1n) is 8.52. The van der Waals surface area contributed by atoms with Crippen LogP contribution in [0.25, 0.3) is 0 Å². The predicted octanol–water partition coefficient (Wildman–Crippen LogP) is 5.11. The molecule has 2 aromatic carbocycles. The fourth-order valence-electron chi connectivity index (χ4n) is 3.16. The zero-order valence-electron chi connectivity index (χ0n) is 14.6. The van der Waals surface area contributed by atoms with Crippen LogP contribution in [-0.4, -0.2) is 18.4 Å². The van der Waals surface area contributed by atoms with E-state index in [1.807, 2.05) is 24.3 Å². The molecule has 2 amide bonds. The maximum atomic E-state index is 12.7. The van der Waals surface area contributed by atoms with Gasteiger partial charge in [0.25, 0.3) is 0 Å². The summed E-state index contributed by atoms with van der Waals surface area (Å²) in [4.78, 5) is 26.7. The van der Waals surface area contributed by atoms with Crippen molar-refractivity contribution in [3.8, 4) is 0 Å². The summed E-state index contributed by atoms with van der Waals surface area (Å²) in [5, 5.41) is 3.91. The van der Waals surface area contributed by atoms with Gasteiger partial charge in [-0.25, -0.2) is 0 Å². The minimum absolute atomic E-state index is 0.133. The Kier molecular flexibility index (Phi) is 5.54. The summed E-state index contributed by atoms with van der Waals surface area (Å²) >= 11 is 12.2. The molecule has 1 aliphatic heterocycles. The summed E-state index contributed by atoms with van der Waals surface area (Å²) in [6.45, 7) is 4.44. The fraction of sp³-hybridized carbons (Fsp3) is 0.300. The first-order valence-corrected chi connectivity index (χ1v) is 9.27. The van der Waals surface area contributed by atoms with Crippen molar-refractivity contribution in [2.75, 3.05) is 16.8 Å². The number of hydrogen-bond acceptors (Lipinski definition) is 2. The van der Waals surface area contributed by atoms with Crippen LogP contribution in [0, 0.1) is 5.92 Å². The monoisotopic (exact) mass is 390 g/mol. The molecular formula is C20H20Cl2N2O2. The summed E-state index contributed by atoms with van der Waals surface area (Å²) in [6.07, 6.45) is 0.151. The second-order valence-electron chi connectivity index (χ2n) is 6.73. The van der Waals surface area contributed by atoms with E-state index in [2.05, 4.69) is 19.2 Å². The molecule has 4 nitrogen and oxygen atoms in total. The Morgan fingerprint density at radius 2 is 1.92 bits per heavy atom. The van der Waals surface area contributed by atoms with E-state index in [1.165, 1.54) is 4.90 Å². The predicted molar refractivity (Wildman–Crippen MR) is 106 cm³/mol. The van der Waals surface area contributed by atoms with Gasteiger partial charge in [-0.2, -0.15) is 0 Å². The van der Waals surface area contributed by atoms with Crippen LogP contribution < -0.4 is 10.2 Å². The minimum atomic E-state index is -0.433. The van der Waals surface area contributed by atoms with Gasteiger partial charge in [0.1, 0.15) is 0 Å². The van der Waals surface area contributed by atoms with Crippen molar-refractivity contribution < 1.29 is 9.59 Å². The van der Waals surface area contributed by atoms with Crippen LogP contribution in [0.3, 0.4) is 0 Å². The third-order valence-electron chi connectivity index (χ3n) is 4.54. The summed E-state index contributed by atoms with van der Waals surface area (Å²) in [5.41, 5.74) is 2.40. The van der Waals surface area contributed by atoms with Gasteiger partial charge in [-0.05, 0) is 35.7 Å². The Bertz CT molecular complexity index is 851. The Hall–Kier alpha value is -2.04. The molecule has 1 heterocycles. The molecule has 0 spiro atoms. The minimum Gasteiger partial charge on any atom is -0.326 e. The second-order valence-corrected chi connectivity index (χ2v) is 7.58. The second kappa shape index (κ2) is 7.68. The molecule has 1 atom stereocenters. The number of amides is 2. The smallest absolute Gasteiger partial charge is 0.229 e. The first-order chi connectivity index (χ1) is 12.4. The number of nitrogens with one attached hydrogen (secondary N) is 1. The Morgan fingerprint density at radius 3 is 2.65 bits per heavy atom. The third-order valence-corrected chi connectivity index (χ3v) is 5.09. The van der Waals surface area contributed by atoms with Gasteiger partial charge < -0.3 is 10.2 Å². The van der Waals surface area contributed by atoms with Crippen molar-refractivity contribution in [2.45, 2.75) is 26.2 Å². The number of rotatable bonds is 4. The van der Waals surface area contributed by atoms with Crippen LogP contribution in [0.5, 0.6) is 0 Å². The number of carbonyl (C=O) groups is 2. The molecule has 3 rings (SSSR count). The number of halogens is 2. The number of nitrogens with zero attached hydrogens (tertiary/aromatic N) is 1. The highest BCUT2D eigenvalue weighted by molar-refractivity contribution is 6.36. The number of hydrogen-bond donors (Lipinski definition) is 1. The van der Waals surface area contributed by atoms with E-state index in [0.29, 0.717) is 21.7 Å². The summed E-state index contributed by atoms with van der Waals surface area (Å²) in [6, 6.07) is 12.7. The van der Waals surface area contributed by atoms with E-state index in [0.717, 1.165) is 11.3 Å². The number of benzene rings is 2. The highest BCUT2D eigenvalue weighted by Gasteiger charge is 2.36. The van der Waals surface area contributed by atoms with Crippen molar-refractivity contribution >= 4 is 46.4 Å². The largest absolute Gasteiger partial charge is 0.326 e. The number of carbonyl (C=O) groups excluding carboxylic acids is 2. The van der Waals surface area contributed by atoms with E-state index >= 15 is 0 Å². The van der Waals surface area contributed by atoms with Gasteiger partial charge >= 0.3 is 0 Å². The van der Waals surface area contributed by atoms with Gasteiger partial charge in [-0.3, -0.25) is 9.59 Å². The number of para-hydroxylation sites is 1. The molecule has 0 saturated carbocycles. The van der Waals surface area contributed by atoms with Crippen LogP contribution in [0.2, 0.25) is 10.0 Å². The van der Waals surface area contributed by atoms with E-state index < -0.39 is 5.92 Å². The standard InChI is InChI=1S/C20H20Cl2N2O2/c1-12(2)15-5-3-4-6-17(15)23-20(26)13-9-19(25)24(11-13)18-10-14(21)7-8-16(18)22/h3-8,10,12-13H,9,11H2,1-2H3,(H,23,26). The van der Waals surface area contributed by atoms with Gasteiger partial charge in [-0.1, -0.05) is 55.2 Å². The van der Waals surface area contributed by atoms with Crippen molar-refractivity contribution in [1.29, 1.82) is 0 Å². The highest BCUT2D eigenvalue weighted by Crippen LogP contribution is 2.34. The lowest BCUT2D eigenvalue weighted by molar-refractivity contribution is -0.122. The third kappa shape index (κ3) is 3.87. The van der Waals surface area contributed by atoms with E-state index in [-0.39, 0.29) is 24.8 Å². The van der Waals surface area contributed by atoms with Crippen LogP contribution >= 0.6 is 23.2 Å². The van der Waals surface area contributed by atoms with Crippen molar-refractivity contribution in [2.24, 2.45) is 5.92 Å². The molecule has 0 aromatic heterocycles. The van der Waals surface area contributed by atoms with Gasteiger partial charge in [-0.15, -0.1) is 0 Å². The zero-order chi connectivity index (χ0) is 18.8. The molecule has 0 bridgehead atoms. The molecule has 2 aromatic rings. The summed E-state index contributed by atoms with van der Waals surface area (Å²) < 4.78 is 0. The Labute approximate surface area is 163 Å². The average Bonchev–Trinajstić information content (AvgIpc) is 2.99. The van der Waals surface area contributed by atoms with E-state index in [4.69, 9.17) is 23.2 Å². The normalized spacial score (nSPS) is 17.0. The van der Waals surface area contributed by atoms with Gasteiger partial charge in [0.15, 0.2) is 0 Å². The maximum absolute atomic E-state index is 12.7. The molecule has 1 aliphatic rings. The molecule has 136 valence electrons. The quantitative estimate of drug-likeness (QED) is 0.788. The van der Waals surface area contributed by atoms with Gasteiger partial charge in [0.2, 0.25) is 11.8 Å². The van der Waals surface area contributed by atoms with Gasteiger partial charge in [0.05, 0.1) is 16.6 Å². The van der Waals surface area contributed by atoms with Crippen LogP contribution in [0.1, 0.15) is 31.7 Å². The summed E-state index contributed by atoms with van der Waals surface area (Å²) in [7, 11) is 0. The lowest BCUT2D eigenvalue weighted by Gasteiger charge is -2.19. The van der Waals surface area contributed by atoms with E-state index in [1.54, 1.807) is 18.2 Å². The molecule has 1 saturated heterocycles. The highest BCUT2D eigenvalue weighted by atomic mass is 35.5. The molecule has 1 unspecified atom stereocenters. The average molecular weight is 391 g/mol. The SMILES string of the molecule is CC(C)c1ccccc1NC(=O)C1CC(=O)N(c2cc(Cl)ccc2Cl)C1. The lowest BCUT2D eigenvalue weighted by Crippen LogP contribution is -2.28. The van der Waals surface area contributed by atoms with Crippen LogP contribution in [0.15, 0.2) is 42.5 Å². The van der Waals surface area contributed by atoms with Crippen LogP contribution in [0.4, 0.5) is 11.4 Å². The molecule has 1 N–H and O–H groups in total. The van der Waals surface area contributed by atoms with Crippen LogP contribution in [-0.2, 0) is 9.59 Å². The molecule has 6 heteroatoms.